The van der Waals surface area contributed by atoms with Crippen LogP contribution < -0.4 is 0 Å². The average Bonchev–Trinajstić information content (AvgIpc) is 3.12. The lowest BCUT2D eigenvalue weighted by Gasteiger charge is -2.13. The van der Waals surface area contributed by atoms with Crippen molar-refractivity contribution in [3.8, 4) is 0 Å². The molecular formula is C13H18O3. The van der Waals surface area contributed by atoms with Crippen LogP contribution in [0, 0.1) is 0 Å². The second-order valence-electron chi connectivity index (χ2n) is 4.10. The molecule has 0 bridgehead atoms. The molecule has 1 aromatic carbocycles. The molecule has 0 spiro atoms. The number of ether oxygens (including phenoxy) is 3. The van der Waals surface area contributed by atoms with Crippen LogP contribution >= 0.6 is 0 Å². The van der Waals surface area contributed by atoms with E-state index in [1.54, 1.807) is 0 Å². The zero-order chi connectivity index (χ0) is 11.2. The van der Waals surface area contributed by atoms with Gasteiger partial charge in [0.25, 0.3) is 0 Å². The second kappa shape index (κ2) is 5.99. The summed E-state index contributed by atoms with van der Waals surface area (Å²) in [7, 11) is 0. The molecule has 0 radical (unpaired) electrons. The second-order valence-corrected chi connectivity index (χ2v) is 4.10. The zero-order valence-electron chi connectivity index (χ0n) is 9.59. The van der Waals surface area contributed by atoms with Crippen LogP contribution in [-0.4, -0.2) is 32.0 Å². The molecule has 1 saturated heterocycles. The van der Waals surface area contributed by atoms with Crippen LogP contribution in [0.5, 0.6) is 0 Å². The minimum absolute atomic E-state index is 0.124. The predicted molar refractivity (Wildman–Crippen MR) is 61.3 cm³/mol. The quantitative estimate of drug-likeness (QED) is 0.661. The summed E-state index contributed by atoms with van der Waals surface area (Å²) in [4.78, 5) is 0. The Hall–Kier alpha value is -0.900. The van der Waals surface area contributed by atoms with E-state index in [2.05, 4.69) is 12.1 Å². The van der Waals surface area contributed by atoms with Crippen LogP contribution in [0.3, 0.4) is 0 Å². The van der Waals surface area contributed by atoms with Crippen LogP contribution in [-0.2, 0) is 20.8 Å². The Morgan fingerprint density at radius 1 is 1.38 bits per heavy atom. The van der Waals surface area contributed by atoms with Crippen molar-refractivity contribution in [2.75, 3.05) is 19.8 Å². The fourth-order valence-corrected chi connectivity index (χ4v) is 1.39. The number of rotatable bonds is 7. The maximum absolute atomic E-state index is 5.66. The number of hydrogen-bond acceptors (Lipinski definition) is 3. The maximum atomic E-state index is 5.66. The highest BCUT2D eigenvalue weighted by Crippen LogP contribution is 2.09. The maximum Gasteiger partial charge on any atom is 0.104 e. The van der Waals surface area contributed by atoms with E-state index in [1.807, 2.05) is 25.1 Å². The summed E-state index contributed by atoms with van der Waals surface area (Å²) in [5.41, 5.74) is 1.19. The summed E-state index contributed by atoms with van der Waals surface area (Å²) < 4.78 is 16.2. The van der Waals surface area contributed by atoms with Gasteiger partial charge in [0.1, 0.15) is 6.10 Å². The molecule has 0 saturated carbocycles. The van der Waals surface area contributed by atoms with Crippen LogP contribution in [0.4, 0.5) is 0 Å². The molecule has 1 fully saturated rings. The molecule has 1 aliphatic heterocycles. The van der Waals surface area contributed by atoms with Crippen molar-refractivity contribution in [3.63, 3.8) is 0 Å². The minimum atomic E-state index is 0.124. The number of epoxide rings is 1. The van der Waals surface area contributed by atoms with Gasteiger partial charge in [-0.3, -0.25) is 0 Å². The minimum Gasteiger partial charge on any atom is -0.376 e. The summed E-state index contributed by atoms with van der Waals surface area (Å²) in [5.74, 6) is 0. The number of benzene rings is 1. The van der Waals surface area contributed by atoms with Gasteiger partial charge in [0.15, 0.2) is 0 Å². The van der Waals surface area contributed by atoms with E-state index in [0.717, 1.165) is 6.61 Å². The molecular weight excluding hydrogens is 204 g/mol. The third kappa shape index (κ3) is 4.31. The van der Waals surface area contributed by atoms with Crippen LogP contribution in [0.25, 0.3) is 0 Å². The van der Waals surface area contributed by atoms with E-state index in [1.165, 1.54) is 5.56 Å². The average molecular weight is 222 g/mol. The lowest BCUT2D eigenvalue weighted by Crippen LogP contribution is -2.17. The van der Waals surface area contributed by atoms with Crippen molar-refractivity contribution < 1.29 is 14.2 Å². The molecule has 3 nitrogen and oxygen atoms in total. The third-order valence-electron chi connectivity index (χ3n) is 2.44. The molecule has 0 amide bonds. The largest absolute Gasteiger partial charge is 0.376 e. The van der Waals surface area contributed by atoms with E-state index < -0.39 is 0 Å². The van der Waals surface area contributed by atoms with Crippen LogP contribution in [0.1, 0.15) is 12.5 Å². The van der Waals surface area contributed by atoms with Gasteiger partial charge in [-0.2, -0.15) is 0 Å². The lowest BCUT2D eigenvalue weighted by molar-refractivity contribution is -0.0177. The molecule has 88 valence electrons. The molecule has 1 aromatic rings. The summed E-state index contributed by atoms with van der Waals surface area (Å²) in [6.07, 6.45) is 0.459. The highest BCUT2D eigenvalue weighted by molar-refractivity contribution is 5.13. The van der Waals surface area contributed by atoms with E-state index >= 15 is 0 Å². The summed E-state index contributed by atoms with van der Waals surface area (Å²) >= 11 is 0. The van der Waals surface area contributed by atoms with Gasteiger partial charge in [-0.1, -0.05) is 30.3 Å². The fraction of sp³-hybridized carbons (Fsp3) is 0.538. The Morgan fingerprint density at radius 3 is 2.81 bits per heavy atom. The van der Waals surface area contributed by atoms with Gasteiger partial charge in [0, 0.05) is 0 Å². The Morgan fingerprint density at radius 2 is 2.12 bits per heavy atom. The lowest BCUT2D eigenvalue weighted by atomic mass is 10.2. The normalized spacial score (nSPS) is 20.7. The Kier molecular flexibility index (Phi) is 4.34. The van der Waals surface area contributed by atoms with E-state index in [0.29, 0.717) is 25.9 Å². The number of hydrogen-bond donors (Lipinski definition) is 0. The standard InChI is InChI=1S/C13H18O3/c1-11(7-14-9-13-10-16-13)15-8-12-5-3-2-4-6-12/h2-6,11,13H,7-10H2,1H3/t11-,13+/m1/s1. The molecule has 0 N–H and O–H groups in total. The first kappa shape index (κ1) is 11.6. The first-order chi connectivity index (χ1) is 7.84. The Bertz CT molecular complexity index is 295. The molecule has 2 rings (SSSR count). The Labute approximate surface area is 96.3 Å². The van der Waals surface area contributed by atoms with Crippen molar-refractivity contribution in [2.45, 2.75) is 25.7 Å². The SMILES string of the molecule is C[C@H](COC[C@H]1CO1)OCc1ccccc1. The van der Waals surface area contributed by atoms with Gasteiger partial charge in [-0.15, -0.1) is 0 Å². The van der Waals surface area contributed by atoms with Crippen molar-refractivity contribution in [2.24, 2.45) is 0 Å². The fourth-order valence-electron chi connectivity index (χ4n) is 1.39. The zero-order valence-corrected chi connectivity index (χ0v) is 9.59. The highest BCUT2D eigenvalue weighted by Gasteiger charge is 2.22. The van der Waals surface area contributed by atoms with Gasteiger partial charge in [0.05, 0.1) is 32.5 Å². The molecule has 1 heterocycles. The summed E-state index contributed by atoms with van der Waals surface area (Å²) in [6.45, 7) is 4.84. The van der Waals surface area contributed by atoms with Crippen LogP contribution in [0.15, 0.2) is 30.3 Å². The summed E-state index contributed by atoms with van der Waals surface area (Å²) in [5, 5.41) is 0. The molecule has 0 aromatic heterocycles. The Balaban J connectivity index is 1.57. The molecule has 1 aliphatic rings. The van der Waals surface area contributed by atoms with Gasteiger partial charge < -0.3 is 14.2 Å². The molecule has 3 heteroatoms. The topological polar surface area (TPSA) is 31.0 Å². The van der Waals surface area contributed by atoms with Gasteiger partial charge in [0.2, 0.25) is 0 Å². The van der Waals surface area contributed by atoms with Crippen molar-refractivity contribution in [3.05, 3.63) is 35.9 Å². The summed E-state index contributed by atoms with van der Waals surface area (Å²) in [6, 6.07) is 10.2. The smallest absolute Gasteiger partial charge is 0.104 e. The van der Waals surface area contributed by atoms with Crippen molar-refractivity contribution in [1.82, 2.24) is 0 Å². The van der Waals surface area contributed by atoms with E-state index in [4.69, 9.17) is 14.2 Å². The van der Waals surface area contributed by atoms with E-state index in [9.17, 15) is 0 Å². The van der Waals surface area contributed by atoms with Crippen molar-refractivity contribution in [1.29, 1.82) is 0 Å². The van der Waals surface area contributed by atoms with Gasteiger partial charge >= 0.3 is 0 Å². The van der Waals surface area contributed by atoms with E-state index in [-0.39, 0.29) is 6.10 Å². The van der Waals surface area contributed by atoms with Crippen molar-refractivity contribution >= 4 is 0 Å². The molecule has 16 heavy (non-hydrogen) atoms. The third-order valence-corrected chi connectivity index (χ3v) is 2.44. The highest BCUT2D eigenvalue weighted by atomic mass is 16.6. The monoisotopic (exact) mass is 222 g/mol. The molecule has 0 aliphatic carbocycles. The molecule has 2 atom stereocenters. The van der Waals surface area contributed by atoms with Crippen LogP contribution in [0.2, 0.25) is 0 Å². The van der Waals surface area contributed by atoms with Gasteiger partial charge in [-0.05, 0) is 12.5 Å². The first-order valence-corrected chi connectivity index (χ1v) is 5.69. The molecule has 0 unspecified atom stereocenters. The van der Waals surface area contributed by atoms with Gasteiger partial charge in [-0.25, -0.2) is 0 Å². The first-order valence-electron chi connectivity index (χ1n) is 5.69. The predicted octanol–water partition coefficient (Wildman–Crippen LogP) is 2.01.